The molecule has 1 saturated heterocycles. The number of halogens is 1. The Kier molecular flexibility index (Phi) is 3.81. The van der Waals surface area contributed by atoms with Gasteiger partial charge in [0, 0.05) is 17.3 Å². The van der Waals surface area contributed by atoms with Crippen molar-refractivity contribution in [2.75, 3.05) is 12.3 Å². The lowest BCUT2D eigenvalue weighted by Crippen LogP contribution is -2.30. The molecule has 0 radical (unpaired) electrons. The number of hydrogen-bond acceptors (Lipinski definition) is 4. The molecule has 20 heavy (non-hydrogen) atoms. The number of furan rings is 1. The van der Waals surface area contributed by atoms with Crippen LogP contribution in [0.4, 0.5) is 0 Å². The second-order valence-corrected chi connectivity index (χ2v) is 7.82. The maximum absolute atomic E-state index is 12.7. The van der Waals surface area contributed by atoms with Gasteiger partial charge in [-0.3, -0.25) is 0 Å². The third-order valence-corrected chi connectivity index (χ3v) is 6.54. The number of benzene rings is 1. The molecule has 0 bridgehead atoms. The fourth-order valence-electron chi connectivity index (χ4n) is 2.10. The molecule has 2 aromatic rings. The molecule has 0 saturated carbocycles. The van der Waals surface area contributed by atoms with Gasteiger partial charge in [-0.2, -0.15) is 4.31 Å². The van der Waals surface area contributed by atoms with Gasteiger partial charge >= 0.3 is 0 Å². The summed E-state index contributed by atoms with van der Waals surface area (Å²) in [6.07, 6.45) is 1.56. The first-order valence-corrected chi connectivity index (χ1v) is 8.88. The van der Waals surface area contributed by atoms with Crippen molar-refractivity contribution < 1.29 is 12.8 Å². The average molecular weight is 330 g/mol. The predicted molar refractivity (Wildman–Crippen MR) is 79.3 cm³/mol. The summed E-state index contributed by atoms with van der Waals surface area (Å²) in [5.74, 6) is 1.41. The maximum atomic E-state index is 12.7. The van der Waals surface area contributed by atoms with Crippen molar-refractivity contribution in [1.82, 2.24) is 4.31 Å². The second-order valence-electron chi connectivity index (χ2n) is 4.31. The molecule has 1 aromatic heterocycles. The quantitative estimate of drug-likeness (QED) is 0.866. The fourth-order valence-corrected chi connectivity index (χ4v) is 5.40. The number of rotatable bonds is 3. The zero-order valence-electron chi connectivity index (χ0n) is 10.4. The van der Waals surface area contributed by atoms with Crippen molar-refractivity contribution in [3.8, 4) is 0 Å². The van der Waals surface area contributed by atoms with Crippen molar-refractivity contribution in [2.45, 2.75) is 10.3 Å². The van der Waals surface area contributed by atoms with E-state index in [1.807, 2.05) is 0 Å². The van der Waals surface area contributed by atoms with E-state index in [4.69, 9.17) is 16.0 Å². The Bertz CT molecular complexity index is 683. The highest BCUT2D eigenvalue weighted by Crippen LogP contribution is 2.41. The average Bonchev–Trinajstić information content (AvgIpc) is 3.10. The molecule has 0 unspecified atom stereocenters. The summed E-state index contributed by atoms with van der Waals surface area (Å²) in [5.41, 5.74) is 0. The minimum Gasteiger partial charge on any atom is -0.467 e. The standard InChI is InChI=1S/C13H12ClNO3S2/c14-10-3-5-11(6-4-10)20(16,17)15-7-9-19-13(15)12-2-1-8-18-12/h1-6,8,13H,7,9H2/t13-/m0/s1. The van der Waals surface area contributed by atoms with Gasteiger partial charge in [-0.1, -0.05) is 11.6 Å². The van der Waals surface area contributed by atoms with Crippen LogP contribution in [0.15, 0.2) is 52.0 Å². The van der Waals surface area contributed by atoms with Crippen molar-refractivity contribution in [2.24, 2.45) is 0 Å². The first-order chi connectivity index (χ1) is 9.59. The van der Waals surface area contributed by atoms with Crippen LogP contribution in [0.2, 0.25) is 5.02 Å². The smallest absolute Gasteiger partial charge is 0.244 e. The predicted octanol–water partition coefficient (Wildman–Crippen LogP) is 3.37. The van der Waals surface area contributed by atoms with Crippen molar-refractivity contribution in [3.63, 3.8) is 0 Å². The number of thioether (sulfide) groups is 1. The first-order valence-electron chi connectivity index (χ1n) is 6.01. The summed E-state index contributed by atoms with van der Waals surface area (Å²) in [5, 5.41) is 0.216. The topological polar surface area (TPSA) is 50.5 Å². The summed E-state index contributed by atoms with van der Waals surface area (Å²) in [4.78, 5) is 0.251. The molecule has 7 heteroatoms. The van der Waals surface area contributed by atoms with Crippen LogP contribution in [0.25, 0.3) is 0 Å². The zero-order valence-corrected chi connectivity index (χ0v) is 12.8. The lowest BCUT2D eigenvalue weighted by atomic mass is 10.4. The van der Waals surface area contributed by atoms with Gasteiger partial charge in [-0.15, -0.1) is 11.8 Å². The van der Waals surface area contributed by atoms with Gasteiger partial charge < -0.3 is 4.42 Å². The van der Waals surface area contributed by atoms with Crippen LogP contribution >= 0.6 is 23.4 Å². The van der Waals surface area contributed by atoms with Crippen LogP contribution < -0.4 is 0 Å². The normalized spacial score (nSPS) is 20.4. The lowest BCUT2D eigenvalue weighted by molar-refractivity contribution is 0.383. The monoisotopic (exact) mass is 329 g/mol. The molecular formula is C13H12ClNO3S2. The molecule has 1 aliphatic heterocycles. The van der Waals surface area contributed by atoms with Gasteiger partial charge in [0.05, 0.1) is 11.2 Å². The van der Waals surface area contributed by atoms with E-state index in [1.54, 1.807) is 42.3 Å². The third kappa shape index (κ3) is 2.48. The highest BCUT2D eigenvalue weighted by molar-refractivity contribution is 8.00. The summed E-state index contributed by atoms with van der Waals surface area (Å²) < 4.78 is 32.2. The van der Waals surface area contributed by atoms with Gasteiger partial charge in [0.25, 0.3) is 0 Å². The Hall–Kier alpha value is -0.950. The number of sulfonamides is 1. The van der Waals surface area contributed by atoms with E-state index in [0.717, 1.165) is 5.75 Å². The minimum atomic E-state index is -3.54. The molecule has 0 N–H and O–H groups in total. The Morgan fingerprint density at radius 3 is 2.65 bits per heavy atom. The third-order valence-electron chi connectivity index (χ3n) is 3.06. The molecule has 1 fully saturated rings. The van der Waals surface area contributed by atoms with Crippen LogP contribution in [-0.4, -0.2) is 25.0 Å². The molecule has 0 amide bonds. The molecule has 1 aliphatic rings. The first kappa shape index (κ1) is 14.0. The highest BCUT2D eigenvalue weighted by atomic mass is 35.5. The summed E-state index contributed by atoms with van der Waals surface area (Å²) in [7, 11) is -3.54. The molecular weight excluding hydrogens is 318 g/mol. The minimum absolute atomic E-state index is 0.251. The van der Waals surface area contributed by atoms with Crippen molar-refractivity contribution in [1.29, 1.82) is 0 Å². The van der Waals surface area contributed by atoms with Crippen LogP contribution in [0, 0.1) is 0 Å². The van der Waals surface area contributed by atoms with E-state index in [2.05, 4.69) is 0 Å². The van der Waals surface area contributed by atoms with E-state index < -0.39 is 10.0 Å². The summed E-state index contributed by atoms with van der Waals surface area (Å²) >= 11 is 7.36. The molecule has 106 valence electrons. The van der Waals surface area contributed by atoms with E-state index >= 15 is 0 Å². The zero-order chi connectivity index (χ0) is 14.2. The van der Waals surface area contributed by atoms with Crippen LogP contribution in [0.1, 0.15) is 11.1 Å². The maximum Gasteiger partial charge on any atom is 0.244 e. The molecule has 0 spiro atoms. The largest absolute Gasteiger partial charge is 0.467 e. The van der Waals surface area contributed by atoms with Crippen LogP contribution in [0.5, 0.6) is 0 Å². The van der Waals surface area contributed by atoms with Crippen molar-refractivity contribution >= 4 is 33.4 Å². The van der Waals surface area contributed by atoms with Gasteiger partial charge in [0.15, 0.2) is 0 Å². The van der Waals surface area contributed by atoms with Gasteiger partial charge in [-0.05, 0) is 36.4 Å². The Morgan fingerprint density at radius 1 is 1.25 bits per heavy atom. The van der Waals surface area contributed by atoms with Gasteiger partial charge in [0.1, 0.15) is 11.1 Å². The Labute approximate surface area is 126 Å². The van der Waals surface area contributed by atoms with Crippen LogP contribution in [0.3, 0.4) is 0 Å². The summed E-state index contributed by atoms with van der Waals surface area (Å²) in [6, 6.07) is 9.79. The van der Waals surface area contributed by atoms with E-state index in [9.17, 15) is 8.42 Å². The molecule has 0 aliphatic carbocycles. The highest BCUT2D eigenvalue weighted by Gasteiger charge is 2.38. The van der Waals surface area contributed by atoms with Gasteiger partial charge in [-0.25, -0.2) is 8.42 Å². The SMILES string of the molecule is O=S(=O)(c1ccc(Cl)cc1)N1CCS[C@H]1c1ccco1. The second kappa shape index (κ2) is 5.44. The summed E-state index contributed by atoms with van der Waals surface area (Å²) in [6.45, 7) is 0.473. The van der Waals surface area contributed by atoms with E-state index in [1.165, 1.54) is 16.4 Å². The molecule has 1 aromatic carbocycles. The fraction of sp³-hybridized carbons (Fsp3) is 0.231. The Balaban J connectivity index is 1.96. The number of hydrogen-bond donors (Lipinski definition) is 0. The molecule has 1 atom stereocenters. The van der Waals surface area contributed by atoms with Gasteiger partial charge in [0.2, 0.25) is 10.0 Å². The molecule has 3 rings (SSSR count). The molecule has 2 heterocycles. The van der Waals surface area contributed by atoms with E-state index in [0.29, 0.717) is 17.3 Å². The van der Waals surface area contributed by atoms with E-state index in [-0.39, 0.29) is 10.3 Å². The Morgan fingerprint density at radius 2 is 2.00 bits per heavy atom. The lowest BCUT2D eigenvalue weighted by Gasteiger charge is -2.21. The number of nitrogens with zero attached hydrogens (tertiary/aromatic N) is 1. The van der Waals surface area contributed by atoms with Crippen molar-refractivity contribution in [3.05, 3.63) is 53.4 Å². The van der Waals surface area contributed by atoms with Crippen LogP contribution in [-0.2, 0) is 10.0 Å². The molecule has 4 nitrogen and oxygen atoms in total.